The summed E-state index contributed by atoms with van der Waals surface area (Å²) in [5, 5.41) is 2.58. The SMILES string of the molecule is CNC(=O)[C@H]1CN(C(=O)c2ccc(CSC)cc2)c2ccccc2O1. The van der Waals surface area contributed by atoms with Gasteiger partial charge in [0.1, 0.15) is 5.75 Å². The van der Waals surface area contributed by atoms with Gasteiger partial charge in [0.2, 0.25) is 0 Å². The number of nitrogens with one attached hydrogen (secondary N) is 1. The van der Waals surface area contributed by atoms with Crippen molar-refractivity contribution in [2.75, 3.05) is 24.7 Å². The van der Waals surface area contributed by atoms with Gasteiger partial charge in [-0.1, -0.05) is 24.3 Å². The van der Waals surface area contributed by atoms with Crippen molar-refractivity contribution in [2.24, 2.45) is 0 Å². The Balaban J connectivity index is 1.91. The topological polar surface area (TPSA) is 58.6 Å². The second-order valence-electron chi connectivity index (χ2n) is 5.73. The molecule has 0 unspecified atom stereocenters. The molecule has 2 aromatic carbocycles. The third-order valence-electron chi connectivity index (χ3n) is 4.07. The fourth-order valence-electron chi connectivity index (χ4n) is 2.79. The Morgan fingerprint density at radius 1 is 1.20 bits per heavy atom. The predicted octanol–water partition coefficient (Wildman–Crippen LogP) is 2.70. The van der Waals surface area contributed by atoms with Crippen LogP contribution in [0.1, 0.15) is 15.9 Å². The molecule has 0 saturated heterocycles. The highest BCUT2D eigenvalue weighted by molar-refractivity contribution is 7.97. The first-order chi connectivity index (χ1) is 12.1. The van der Waals surface area contributed by atoms with Crippen molar-refractivity contribution in [3.05, 3.63) is 59.7 Å². The number of benzene rings is 2. The molecule has 6 heteroatoms. The summed E-state index contributed by atoms with van der Waals surface area (Å²) in [6.07, 6.45) is 1.32. The molecule has 1 aliphatic rings. The predicted molar refractivity (Wildman–Crippen MR) is 100 cm³/mol. The smallest absolute Gasteiger partial charge is 0.262 e. The molecule has 0 bridgehead atoms. The summed E-state index contributed by atoms with van der Waals surface area (Å²) >= 11 is 1.74. The number of carbonyl (C=O) groups is 2. The number of para-hydroxylation sites is 2. The molecule has 0 aliphatic carbocycles. The van der Waals surface area contributed by atoms with E-state index in [4.69, 9.17) is 4.74 Å². The zero-order valence-electron chi connectivity index (χ0n) is 14.2. The lowest BCUT2D eigenvalue weighted by Gasteiger charge is -2.34. The number of likely N-dealkylation sites (N-methyl/N-ethyl adjacent to an activating group) is 1. The Morgan fingerprint density at radius 2 is 1.92 bits per heavy atom. The fourth-order valence-corrected chi connectivity index (χ4v) is 3.32. The molecule has 1 aliphatic heterocycles. The molecular formula is C19H20N2O3S. The van der Waals surface area contributed by atoms with Gasteiger partial charge in [-0.2, -0.15) is 11.8 Å². The molecule has 0 saturated carbocycles. The number of anilines is 1. The van der Waals surface area contributed by atoms with Crippen LogP contribution in [0.2, 0.25) is 0 Å². The molecule has 1 heterocycles. The molecule has 0 fully saturated rings. The maximum absolute atomic E-state index is 13.0. The highest BCUT2D eigenvalue weighted by Gasteiger charge is 2.33. The Hall–Kier alpha value is -2.47. The lowest BCUT2D eigenvalue weighted by atomic mass is 10.1. The number of hydrogen-bond acceptors (Lipinski definition) is 4. The summed E-state index contributed by atoms with van der Waals surface area (Å²) in [6, 6.07) is 14.9. The van der Waals surface area contributed by atoms with E-state index in [9.17, 15) is 9.59 Å². The quantitative estimate of drug-likeness (QED) is 0.915. The molecule has 1 N–H and O–H groups in total. The average molecular weight is 356 g/mol. The molecule has 0 spiro atoms. The number of amides is 2. The van der Waals surface area contributed by atoms with Gasteiger partial charge in [0.05, 0.1) is 12.2 Å². The lowest BCUT2D eigenvalue weighted by molar-refractivity contribution is -0.127. The number of thioether (sulfide) groups is 1. The first-order valence-corrected chi connectivity index (χ1v) is 9.40. The monoisotopic (exact) mass is 356 g/mol. The van der Waals surface area contributed by atoms with Crippen molar-refractivity contribution in [1.82, 2.24) is 5.32 Å². The van der Waals surface area contributed by atoms with E-state index in [2.05, 4.69) is 5.32 Å². The maximum atomic E-state index is 13.0. The Labute approximate surface area is 151 Å². The zero-order chi connectivity index (χ0) is 17.8. The minimum absolute atomic E-state index is 0.139. The molecule has 2 amide bonds. The number of hydrogen-bond donors (Lipinski definition) is 1. The van der Waals surface area contributed by atoms with Gasteiger partial charge in [0.15, 0.2) is 6.10 Å². The van der Waals surface area contributed by atoms with Gasteiger partial charge in [0, 0.05) is 18.4 Å². The number of carbonyl (C=O) groups excluding carboxylic acids is 2. The van der Waals surface area contributed by atoms with Crippen molar-refractivity contribution in [1.29, 1.82) is 0 Å². The van der Waals surface area contributed by atoms with E-state index in [0.717, 1.165) is 5.75 Å². The van der Waals surface area contributed by atoms with Crippen LogP contribution in [0.5, 0.6) is 5.75 Å². The number of fused-ring (bicyclic) bond motifs is 1. The molecule has 0 aromatic heterocycles. The van der Waals surface area contributed by atoms with Gasteiger partial charge >= 0.3 is 0 Å². The number of nitrogens with zero attached hydrogens (tertiary/aromatic N) is 1. The van der Waals surface area contributed by atoms with E-state index < -0.39 is 6.10 Å². The minimum atomic E-state index is -0.723. The van der Waals surface area contributed by atoms with Crippen LogP contribution in [-0.4, -0.2) is 37.8 Å². The highest BCUT2D eigenvalue weighted by atomic mass is 32.2. The summed E-state index contributed by atoms with van der Waals surface area (Å²) in [5.41, 5.74) is 2.45. The van der Waals surface area contributed by atoms with Crippen molar-refractivity contribution >= 4 is 29.3 Å². The highest BCUT2D eigenvalue weighted by Crippen LogP contribution is 2.34. The van der Waals surface area contributed by atoms with Crippen LogP contribution in [0, 0.1) is 0 Å². The van der Waals surface area contributed by atoms with Crippen LogP contribution < -0.4 is 15.0 Å². The number of ether oxygens (including phenoxy) is 1. The van der Waals surface area contributed by atoms with Gasteiger partial charge in [-0.05, 0) is 36.1 Å². The van der Waals surface area contributed by atoms with Crippen LogP contribution >= 0.6 is 11.8 Å². The van der Waals surface area contributed by atoms with E-state index in [1.807, 2.05) is 48.7 Å². The van der Waals surface area contributed by atoms with E-state index >= 15 is 0 Å². The molecule has 2 aromatic rings. The maximum Gasteiger partial charge on any atom is 0.262 e. The Morgan fingerprint density at radius 3 is 2.60 bits per heavy atom. The standard InChI is InChI=1S/C19H20N2O3S/c1-20-18(22)17-11-21(15-5-3-4-6-16(15)24-17)19(23)14-9-7-13(8-10-14)12-25-2/h3-10,17H,11-12H2,1-2H3,(H,20,22)/t17-/m1/s1. The van der Waals surface area contributed by atoms with Crippen LogP contribution in [-0.2, 0) is 10.5 Å². The van der Waals surface area contributed by atoms with E-state index in [0.29, 0.717) is 17.0 Å². The van der Waals surface area contributed by atoms with Gasteiger partial charge in [-0.15, -0.1) is 0 Å². The van der Waals surface area contributed by atoms with Gasteiger partial charge < -0.3 is 15.0 Å². The second kappa shape index (κ2) is 7.61. The van der Waals surface area contributed by atoms with Crippen molar-refractivity contribution in [3.63, 3.8) is 0 Å². The van der Waals surface area contributed by atoms with E-state index in [-0.39, 0.29) is 18.4 Å². The first kappa shape index (κ1) is 17.4. The van der Waals surface area contributed by atoms with Gasteiger partial charge in [-0.3, -0.25) is 9.59 Å². The van der Waals surface area contributed by atoms with Crippen LogP contribution in [0.3, 0.4) is 0 Å². The van der Waals surface area contributed by atoms with Gasteiger partial charge in [-0.25, -0.2) is 0 Å². The minimum Gasteiger partial charge on any atom is -0.477 e. The summed E-state index contributed by atoms with van der Waals surface area (Å²) in [5.74, 6) is 1.06. The van der Waals surface area contributed by atoms with E-state index in [1.54, 1.807) is 29.8 Å². The largest absolute Gasteiger partial charge is 0.477 e. The van der Waals surface area contributed by atoms with Crippen LogP contribution in [0.4, 0.5) is 5.69 Å². The molecular weight excluding hydrogens is 336 g/mol. The second-order valence-corrected chi connectivity index (χ2v) is 6.60. The number of rotatable bonds is 4. The Kier molecular flexibility index (Phi) is 5.28. The molecule has 25 heavy (non-hydrogen) atoms. The lowest BCUT2D eigenvalue weighted by Crippen LogP contribution is -2.50. The Bertz CT molecular complexity index is 776. The van der Waals surface area contributed by atoms with Crippen molar-refractivity contribution in [3.8, 4) is 5.75 Å². The third-order valence-corrected chi connectivity index (χ3v) is 4.69. The summed E-state index contributed by atoms with van der Waals surface area (Å²) < 4.78 is 5.74. The third kappa shape index (κ3) is 3.64. The summed E-state index contributed by atoms with van der Waals surface area (Å²) in [6.45, 7) is 0.183. The first-order valence-electron chi connectivity index (χ1n) is 8.01. The van der Waals surface area contributed by atoms with Crippen molar-refractivity contribution in [2.45, 2.75) is 11.9 Å². The van der Waals surface area contributed by atoms with E-state index in [1.165, 1.54) is 5.56 Å². The normalized spacial score (nSPS) is 15.9. The van der Waals surface area contributed by atoms with Crippen molar-refractivity contribution < 1.29 is 14.3 Å². The molecule has 3 rings (SSSR count). The van der Waals surface area contributed by atoms with Gasteiger partial charge in [0.25, 0.3) is 11.8 Å². The van der Waals surface area contributed by atoms with Crippen LogP contribution in [0.25, 0.3) is 0 Å². The molecule has 5 nitrogen and oxygen atoms in total. The molecule has 130 valence electrons. The molecule has 0 radical (unpaired) electrons. The van der Waals surface area contributed by atoms with Crippen LogP contribution in [0.15, 0.2) is 48.5 Å². The summed E-state index contributed by atoms with van der Waals surface area (Å²) in [7, 11) is 1.56. The average Bonchev–Trinajstić information content (AvgIpc) is 2.66. The summed E-state index contributed by atoms with van der Waals surface area (Å²) in [4.78, 5) is 26.7. The molecule has 1 atom stereocenters. The fraction of sp³-hybridized carbons (Fsp3) is 0.263. The zero-order valence-corrected chi connectivity index (χ0v) is 15.0.